The molecule has 0 fully saturated rings. The predicted molar refractivity (Wildman–Crippen MR) is 138 cm³/mol. The van der Waals surface area contributed by atoms with Crippen molar-refractivity contribution in [3.8, 4) is 5.69 Å². The SMILES string of the molecule is Cc1cccc(-n2nc(C(C)(C)C)cc2NC(=O)Nc2ncc(CCc3ccnc(N)c3)s2)c1. The Kier molecular flexibility index (Phi) is 6.65. The van der Waals surface area contributed by atoms with E-state index in [-0.39, 0.29) is 11.4 Å². The minimum absolute atomic E-state index is 0.161. The van der Waals surface area contributed by atoms with Gasteiger partial charge in [0, 0.05) is 28.8 Å². The van der Waals surface area contributed by atoms with Gasteiger partial charge in [0.25, 0.3) is 0 Å². The third-order valence-electron chi connectivity index (χ3n) is 5.25. The number of carbonyl (C=O) groups excluding carboxylic acids is 1. The Morgan fingerprint density at radius 2 is 1.91 bits per heavy atom. The first-order valence-electron chi connectivity index (χ1n) is 11.1. The lowest BCUT2D eigenvalue weighted by molar-refractivity contribution is 0.262. The Balaban J connectivity index is 1.45. The second-order valence-electron chi connectivity index (χ2n) is 9.22. The summed E-state index contributed by atoms with van der Waals surface area (Å²) in [6.07, 6.45) is 5.13. The smallest absolute Gasteiger partial charge is 0.326 e. The van der Waals surface area contributed by atoms with Gasteiger partial charge in [-0.2, -0.15) is 5.10 Å². The number of rotatable bonds is 6. The molecule has 1 aromatic carbocycles. The van der Waals surface area contributed by atoms with Crippen LogP contribution in [0.25, 0.3) is 5.69 Å². The molecule has 0 spiro atoms. The number of anilines is 3. The van der Waals surface area contributed by atoms with Gasteiger partial charge in [-0.15, -0.1) is 11.3 Å². The third kappa shape index (κ3) is 5.79. The second kappa shape index (κ2) is 9.64. The van der Waals surface area contributed by atoms with Crippen LogP contribution in [0.3, 0.4) is 0 Å². The number of nitrogen functional groups attached to an aromatic ring is 1. The van der Waals surface area contributed by atoms with Crippen molar-refractivity contribution in [1.29, 1.82) is 0 Å². The molecule has 4 rings (SSSR count). The summed E-state index contributed by atoms with van der Waals surface area (Å²) in [6.45, 7) is 8.31. The Morgan fingerprint density at radius 1 is 1.09 bits per heavy atom. The number of nitrogens with zero attached hydrogens (tertiary/aromatic N) is 4. The van der Waals surface area contributed by atoms with Crippen molar-refractivity contribution in [1.82, 2.24) is 19.7 Å². The Morgan fingerprint density at radius 3 is 2.65 bits per heavy atom. The number of aryl methyl sites for hydroxylation is 3. The maximum Gasteiger partial charge on any atom is 0.326 e. The van der Waals surface area contributed by atoms with Gasteiger partial charge in [-0.3, -0.25) is 10.6 Å². The summed E-state index contributed by atoms with van der Waals surface area (Å²) in [5, 5.41) is 11.1. The Hall–Kier alpha value is -3.72. The molecule has 0 radical (unpaired) electrons. The molecule has 4 N–H and O–H groups in total. The monoisotopic (exact) mass is 475 g/mol. The summed E-state index contributed by atoms with van der Waals surface area (Å²) in [5.74, 6) is 1.11. The van der Waals surface area contributed by atoms with Crippen molar-refractivity contribution in [2.75, 3.05) is 16.4 Å². The van der Waals surface area contributed by atoms with Gasteiger partial charge in [0.2, 0.25) is 0 Å². The minimum Gasteiger partial charge on any atom is -0.384 e. The molecule has 0 saturated carbocycles. The zero-order valence-corrected chi connectivity index (χ0v) is 20.6. The molecule has 0 aliphatic carbocycles. The summed E-state index contributed by atoms with van der Waals surface area (Å²) >= 11 is 1.45. The Labute approximate surface area is 203 Å². The van der Waals surface area contributed by atoms with Gasteiger partial charge < -0.3 is 5.73 Å². The normalized spacial score (nSPS) is 11.4. The van der Waals surface area contributed by atoms with Crippen LogP contribution in [-0.4, -0.2) is 25.8 Å². The molecule has 176 valence electrons. The molecule has 0 aliphatic heterocycles. The molecule has 3 heterocycles. The molecule has 2 amide bonds. The van der Waals surface area contributed by atoms with Crippen molar-refractivity contribution in [3.63, 3.8) is 0 Å². The van der Waals surface area contributed by atoms with E-state index in [4.69, 9.17) is 10.8 Å². The van der Waals surface area contributed by atoms with Crippen LogP contribution in [0.1, 0.15) is 42.5 Å². The van der Waals surface area contributed by atoms with Crippen molar-refractivity contribution < 1.29 is 4.79 Å². The van der Waals surface area contributed by atoms with Crippen molar-refractivity contribution in [2.24, 2.45) is 0 Å². The van der Waals surface area contributed by atoms with Gasteiger partial charge in [-0.05, 0) is 55.2 Å². The number of urea groups is 1. The fraction of sp³-hybridized carbons (Fsp3) is 0.280. The van der Waals surface area contributed by atoms with E-state index >= 15 is 0 Å². The van der Waals surface area contributed by atoms with E-state index in [0.29, 0.717) is 16.8 Å². The highest BCUT2D eigenvalue weighted by Gasteiger charge is 2.22. The zero-order valence-electron chi connectivity index (χ0n) is 19.8. The average Bonchev–Trinajstić information content (AvgIpc) is 3.39. The van der Waals surface area contributed by atoms with E-state index in [1.54, 1.807) is 17.1 Å². The average molecular weight is 476 g/mol. The standard InChI is InChI=1S/C25H29N7OS/c1-16-6-5-7-18(12-16)32-22(14-20(31-32)25(2,3)4)29-23(33)30-24-28-15-19(34-24)9-8-17-10-11-27-21(26)13-17/h5-7,10-15H,8-9H2,1-4H3,(H2,26,27)(H2,28,29,30,33). The lowest BCUT2D eigenvalue weighted by atomic mass is 9.92. The Bertz CT molecular complexity index is 1300. The summed E-state index contributed by atoms with van der Waals surface area (Å²) in [6, 6.07) is 13.4. The number of amides is 2. The summed E-state index contributed by atoms with van der Waals surface area (Å²) in [7, 11) is 0. The van der Waals surface area contributed by atoms with E-state index in [0.717, 1.165) is 40.2 Å². The zero-order chi connectivity index (χ0) is 24.3. The second-order valence-corrected chi connectivity index (χ2v) is 10.3. The van der Waals surface area contributed by atoms with Crippen LogP contribution in [0, 0.1) is 6.92 Å². The number of thiazole rings is 1. The number of hydrogen-bond acceptors (Lipinski definition) is 6. The first-order chi connectivity index (χ1) is 16.2. The van der Waals surface area contributed by atoms with Gasteiger partial charge >= 0.3 is 6.03 Å². The molecule has 0 aliphatic rings. The topological polar surface area (TPSA) is 111 Å². The maximum absolute atomic E-state index is 12.8. The lowest BCUT2D eigenvalue weighted by Gasteiger charge is -2.14. The number of benzene rings is 1. The van der Waals surface area contributed by atoms with Gasteiger partial charge in [-0.25, -0.2) is 19.4 Å². The third-order valence-corrected chi connectivity index (χ3v) is 6.22. The van der Waals surface area contributed by atoms with E-state index in [1.165, 1.54) is 11.3 Å². The fourth-order valence-electron chi connectivity index (χ4n) is 3.44. The molecule has 34 heavy (non-hydrogen) atoms. The highest BCUT2D eigenvalue weighted by molar-refractivity contribution is 7.15. The van der Waals surface area contributed by atoms with Crippen LogP contribution >= 0.6 is 11.3 Å². The predicted octanol–water partition coefficient (Wildman–Crippen LogP) is 5.34. The summed E-state index contributed by atoms with van der Waals surface area (Å²) in [5.41, 5.74) is 9.60. The number of pyridine rings is 1. The molecule has 3 aromatic heterocycles. The van der Waals surface area contributed by atoms with E-state index in [9.17, 15) is 4.79 Å². The van der Waals surface area contributed by atoms with Gasteiger partial charge in [-0.1, -0.05) is 32.9 Å². The largest absolute Gasteiger partial charge is 0.384 e. The maximum atomic E-state index is 12.8. The van der Waals surface area contributed by atoms with Crippen LogP contribution < -0.4 is 16.4 Å². The quantitative estimate of drug-likeness (QED) is 0.348. The van der Waals surface area contributed by atoms with Crippen molar-refractivity contribution in [2.45, 2.75) is 46.0 Å². The van der Waals surface area contributed by atoms with E-state index < -0.39 is 0 Å². The number of nitrogens with one attached hydrogen (secondary N) is 2. The molecule has 8 nitrogen and oxygen atoms in total. The van der Waals surface area contributed by atoms with Crippen LogP contribution in [0.4, 0.5) is 21.6 Å². The molecule has 0 atom stereocenters. The molecule has 4 aromatic rings. The molecule has 0 bridgehead atoms. The lowest BCUT2D eigenvalue weighted by Crippen LogP contribution is -2.21. The molecular formula is C25H29N7OS. The fourth-order valence-corrected chi connectivity index (χ4v) is 4.24. The molecule has 0 unspecified atom stereocenters. The van der Waals surface area contributed by atoms with E-state index in [2.05, 4.69) is 41.4 Å². The molecular weight excluding hydrogens is 446 g/mol. The highest BCUT2D eigenvalue weighted by Crippen LogP contribution is 2.27. The number of nitrogens with two attached hydrogens (primary N) is 1. The molecule has 0 saturated heterocycles. The first-order valence-corrected chi connectivity index (χ1v) is 11.9. The number of hydrogen-bond donors (Lipinski definition) is 3. The minimum atomic E-state index is -0.364. The summed E-state index contributed by atoms with van der Waals surface area (Å²) < 4.78 is 1.76. The van der Waals surface area contributed by atoms with Crippen molar-refractivity contribution >= 4 is 34.1 Å². The first kappa shape index (κ1) is 23.4. The van der Waals surface area contributed by atoms with Gasteiger partial charge in [0.15, 0.2) is 5.13 Å². The van der Waals surface area contributed by atoms with Crippen molar-refractivity contribution in [3.05, 3.63) is 76.6 Å². The summed E-state index contributed by atoms with van der Waals surface area (Å²) in [4.78, 5) is 22.2. The highest BCUT2D eigenvalue weighted by atomic mass is 32.1. The van der Waals surface area contributed by atoms with Gasteiger partial charge in [0.1, 0.15) is 11.6 Å². The number of carbonyl (C=O) groups is 1. The number of aromatic nitrogens is 4. The van der Waals surface area contributed by atoms with Crippen LogP contribution in [0.15, 0.2) is 54.9 Å². The van der Waals surface area contributed by atoms with Crippen LogP contribution in [0.2, 0.25) is 0 Å². The van der Waals surface area contributed by atoms with E-state index in [1.807, 2.05) is 49.4 Å². The van der Waals surface area contributed by atoms with Crippen LogP contribution in [0.5, 0.6) is 0 Å². The van der Waals surface area contributed by atoms with Crippen LogP contribution in [-0.2, 0) is 18.3 Å². The molecule has 9 heteroatoms. The van der Waals surface area contributed by atoms with Gasteiger partial charge in [0.05, 0.1) is 11.4 Å².